The number of rotatable bonds is 1. The van der Waals surface area contributed by atoms with E-state index in [4.69, 9.17) is 0 Å². The van der Waals surface area contributed by atoms with Crippen molar-refractivity contribution in [3.05, 3.63) is 42.1 Å². The van der Waals surface area contributed by atoms with Gasteiger partial charge in [0.25, 0.3) is 0 Å². The highest BCUT2D eigenvalue weighted by atomic mass is 15.1. The molecule has 0 atom stereocenters. The zero-order valence-electron chi connectivity index (χ0n) is 10.7. The highest BCUT2D eigenvalue weighted by molar-refractivity contribution is 5.78. The van der Waals surface area contributed by atoms with Crippen LogP contribution in [0.25, 0.3) is 22.6 Å². The molecular formula is C15H14N4. The second-order valence-electron chi connectivity index (χ2n) is 4.89. The molecule has 3 heterocycles. The number of aromatic nitrogens is 3. The van der Waals surface area contributed by atoms with E-state index in [1.54, 1.807) is 6.20 Å². The third kappa shape index (κ3) is 1.53. The Hall–Kier alpha value is -2.36. The third-order valence-electron chi connectivity index (χ3n) is 3.73. The maximum Gasteiger partial charge on any atom is 0.178 e. The number of hydrogen-bond acceptors (Lipinski definition) is 3. The lowest BCUT2D eigenvalue weighted by molar-refractivity contribution is 0.959. The van der Waals surface area contributed by atoms with Crippen LogP contribution >= 0.6 is 0 Å². The van der Waals surface area contributed by atoms with Gasteiger partial charge in [-0.15, -0.1) is 0 Å². The van der Waals surface area contributed by atoms with E-state index in [0.29, 0.717) is 0 Å². The number of anilines is 1. The van der Waals surface area contributed by atoms with E-state index >= 15 is 0 Å². The molecule has 4 nitrogen and oxygen atoms in total. The van der Waals surface area contributed by atoms with Crippen molar-refractivity contribution < 1.29 is 0 Å². The van der Waals surface area contributed by atoms with E-state index in [2.05, 4.69) is 38.1 Å². The number of fused-ring (bicyclic) bond motifs is 2. The van der Waals surface area contributed by atoms with Crippen LogP contribution in [-0.2, 0) is 13.5 Å². The van der Waals surface area contributed by atoms with Crippen molar-refractivity contribution >= 4 is 16.9 Å². The summed E-state index contributed by atoms with van der Waals surface area (Å²) >= 11 is 0. The molecule has 1 N–H and O–H groups in total. The summed E-state index contributed by atoms with van der Waals surface area (Å²) in [6, 6.07) is 10.5. The second-order valence-corrected chi connectivity index (χ2v) is 4.89. The van der Waals surface area contributed by atoms with Crippen LogP contribution in [0.15, 0.2) is 36.5 Å². The molecular weight excluding hydrogens is 236 g/mol. The van der Waals surface area contributed by atoms with Gasteiger partial charge in [-0.05, 0) is 42.3 Å². The van der Waals surface area contributed by atoms with Crippen LogP contribution in [0.3, 0.4) is 0 Å². The van der Waals surface area contributed by atoms with Gasteiger partial charge in [0, 0.05) is 31.0 Å². The molecule has 0 saturated carbocycles. The third-order valence-corrected chi connectivity index (χ3v) is 3.73. The minimum absolute atomic E-state index is 0.804. The maximum atomic E-state index is 4.64. The predicted octanol–water partition coefficient (Wildman–Crippen LogP) is 2.60. The highest BCUT2D eigenvalue weighted by Crippen LogP contribution is 2.29. The van der Waals surface area contributed by atoms with E-state index in [-0.39, 0.29) is 0 Å². The predicted molar refractivity (Wildman–Crippen MR) is 76.1 cm³/mol. The van der Waals surface area contributed by atoms with Crippen LogP contribution in [-0.4, -0.2) is 21.1 Å². The fourth-order valence-electron chi connectivity index (χ4n) is 2.73. The average molecular weight is 250 g/mol. The van der Waals surface area contributed by atoms with Gasteiger partial charge < -0.3 is 9.88 Å². The number of aryl methyl sites for hydroxylation is 1. The Morgan fingerprint density at radius 3 is 3.11 bits per heavy atom. The summed E-state index contributed by atoms with van der Waals surface area (Å²) in [4.78, 5) is 8.96. The van der Waals surface area contributed by atoms with Crippen molar-refractivity contribution in [1.29, 1.82) is 0 Å². The number of benzene rings is 1. The van der Waals surface area contributed by atoms with Crippen LogP contribution in [0.4, 0.5) is 5.69 Å². The standard InChI is InChI=1S/C15H14N4/c1-19-13-3-2-7-17-14(13)18-15(19)11-4-5-12-10(9-11)6-8-16-12/h2-5,7,9,16H,6,8H2,1H3. The summed E-state index contributed by atoms with van der Waals surface area (Å²) in [5.41, 5.74) is 5.65. The summed E-state index contributed by atoms with van der Waals surface area (Å²) in [5, 5.41) is 3.38. The minimum Gasteiger partial charge on any atom is -0.384 e. The summed E-state index contributed by atoms with van der Waals surface area (Å²) in [6.07, 6.45) is 2.87. The Morgan fingerprint density at radius 1 is 1.26 bits per heavy atom. The quantitative estimate of drug-likeness (QED) is 0.722. The van der Waals surface area contributed by atoms with Gasteiger partial charge in [0.2, 0.25) is 0 Å². The van der Waals surface area contributed by atoms with E-state index in [0.717, 1.165) is 35.5 Å². The summed E-state index contributed by atoms with van der Waals surface area (Å²) in [6.45, 7) is 1.03. The van der Waals surface area contributed by atoms with Crippen LogP contribution in [0.1, 0.15) is 5.56 Å². The first-order valence-corrected chi connectivity index (χ1v) is 6.47. The SMILES string of the molecule is Cn1c(-c2ccc3c(c2)CCN3)nc2ncccc21. The molecule has 1 aliphatic heterocycles. The Labute approximate surface area is 111 Å². The Bertz CT molecular complexity index is 773. The van der Waals surface area contributed by atoms with Gasteiger partial charge in [0.05, 0.1) is 5.52 Å². The molecule has 0 radical (unpaired) electrons. The summed E-state index contributed by atoms with van der Waals surface area (Å²) in [5.74, 6) is 0.975. The molecule has 0 aliphatic carbocycles. The van der Waals surface area contributed by atoms with E-state index in [1.165, 1.54) is 11.3 Å². The van der Waals surface area contributed by atoms with E-state index in [9.17, 15) is 0 Å². The lowest BCUT2D eigenvalue weighted by Crippen LogP contribution is -1.93. The molecule has 0 bridgehead atoms. The zero-order valence-corrected chi connectivity index (χ0v) is 10.7. The van der Waals surface area contributed by atoms with Crippen molar-refractivity contribution in [2.24, 2.45) is 7.05 Å². The number of nitrogens with one attached hydrogen (secondary N) is 1. The molecule has 0 saturated heterocycles. The summed E-state index contributed by atoms with van der Waals surface area (Å²) < 4.78 is 2.10. The molecule has 94 valence electrons. The van der Waals surface area contributed by atoms with Gasteiger partial charge in [0.1, 0.15) is 5.82 Å². The van der Waals surface area contributed by atoms with Gasteiger partial charge in [-0.25, -0.2) is 9.97 Å². The van der Waals surface area contributed by atoms with Crippen molar-refractivity contribution in [2.75, 3.05) is 11.9 Å². The molecule has 0 spiro atoms. The molecule has 0 amide bonds. The minimum atomic E-state index is 0.804. The molecule has 1 aliphatic rings. The van der Waals surface area contributed by atoms with Crippen molar-refractivity contribution in [1.82, 2.24) is 14.5 Å². The normalized spacial score (nSPS) is 13.5. The van der Waals surface area contributed by atoms with Crippen LogP contribution in [0.2, 0.25) is 0 Å². The largest absolute Gasteiger partial charge is 0.384 e. The highest BCUT2D eigenvalue weighted by Gasteiger charge is 2.14. The zero-order chi connectivity index (χ0) is 12.8. The Balaban J connectivity index is 1.92. The van der Waals surface area contributed by atoms with Crippen LogP contribution in [0, 0.1) is 0 Å². The van der Waals surface area contributed by atoms with Gasteiger partial charge in [-0.1, -0.05) is 0 Å². The van der Waals surface area contributed by atoms with Gasteiger partial charge in [0.15, 0.2) is 5.65 Å². The molecule has 19 heavy (non-hydrogen) atoms. The number of hydrogen-bond donors (Lipinski definition) is 1. The molecule has 2 aromatic heterocycles. The fraction of sp³-hybridized carbons (Fsp3) is 0.200. The molecule has 4 rings (SSSR count). The van der Waals surface area contributed by atoms with Crippen molar-refractivity contribution in [2.45, 2.75) is 6.42 Å². The number of pyridine rings is 1. The fourth-order valence-corrected chi connectivity index (χ4v) is 2.73. The first-order valence-electron chi connectivity index (χ1n) is 6.47. The Morgan fingerprint density at radius 2 is 2.21 bits per heavy atom. The maximum absolute atomic E-state index is 4.64. The van der Waals surface area contributed by atoms with Gasteiger partial charge in [-0.3, -0.25) is 0 Å². The van der Waals surface area contributed by atoms with Crippen molar-refractivity contribution in [3.63, 3.8) is 0 Å². The monoisotopic (exact) mass is 250 g/mol. The van der Waals surface area contributed by atoms with Gasteiger partial charge in [-0.2, -0.15) is 0 Å². The van der Waals surface area contributed by atoms with E-state index in [1.807, 2.05) is 19.2 Å². The number of nitrogens with zero attached hydrogens (tertiary/aromatic N) is 3. The first-order chi connectivity index (χ1) is 9.33. The molecule has 0 unspecified atom stereocenters. The molecule has 3 aromatic rings. The van der Waals surface area contributed by atoms with Crippen molar-refractivity contribution in [3.8, 4) is 11.4 Å². The van der Waals surface area contributed by atoms with Gasteiger partial charge >= 0.3 is 0 Å². The average Bonchev–Trinajstić information content (AvgIpc) is 3.03. The number of imidazole rings is 1. The topological polar surface area (TPSA) is 42.7 Å². The second kappa shape index (κ2) is 3.82. The summed E-state index contributed by atoms with van der Waals surface area (Å²) in [7, 11) is 2.04. The van der Waals surface area contributed by atoms with Crippen LogP contribution < -0.4 is 5.32 Å². The van der Waals surface area contributed by atoms with Crippen LogP contribution in [0.5, 0.6) is 0 Å². The smallest absolute Gasteiger partial charge is 0.178 e. The Kier molecular flexibility index (Phi) is 2.12. The lowest BCUT2D eigenvalue weighted by Gasteiger charge is -2.05. The lowest BCUT2D eigenvalue weighted by atomic mass is 10.1. The molecule has 4 heteroatoms. The first kappa shape index (κ1) is 10.6. The van der Waals surface area contributed by atoms with E-state index < -0.39 is 0 Å². The molecule has 1 aromatic carbocycles. The molecule has 0 fully saturated rings.